The fourth-order valence-corrected chi connectivity index (χ4v) is 2.13. The van der Waals surface area contributed by atoms with Crippen molar-refractivity contribution in [1.82, 2.24) is 9.97 Å². The normalized spacial score (nSPS) is 10.5. The first-order valence-electron chi connectivity index (χ1n) is 5.42. The van der Waals surface area contributed by atoms with Crippen molar-refractivity contribution < 1.29 is 4.74 Å². The van der Waals surface area contributed by atoms with Gasteiger partial charge in [0.05, 0.1) is 11.4 Å². The Labute approximate surface area is 119 Å². The highest BCUT2D eigenvalue weighted by Gasteiger charge is 2.10. The lowest BCUT2D eigenvalue weighted by atomic mass is 10.2. The van der Waals surface area contributed by atoms with E-state index in [1.807, 2.05) is 39.0 Å². The van der Waals surface area contributed by atoms with Gasteiger partial charge < -0.3 is 4.74 Å². The fraction of sp³-hybridized carbons (Fsp3) is 0.231. The smallest absolute Gasteiger partial charge is 0.257 e. The van der Waals surface area contributed by atoms with Gasteiger partial charge in [-0.25, -0.2) is 9.97 Å². The van der Waals surface area contributed by atoms with Crippen LogP contribution in [0.2, 0.25) is 5.15 Å². The zero-order chi connectivity index (χ0) is 13.3. The van der Waals surface area contributed by atoms with E-state index in [2.05, 4.69) is 25.9 Å². The van der Waals surface area contributed by atoms with Crippen molar-refractivity contribution in [1.29, 1.82) is 0 Å². The van der Waals surface area contributed by atoms with Gasteiger partial charge in [-0.1, -0.05) is 27.5 Å². The molecule has 5 heteroatoms. The topological polar surface area (TPSA) is 35.0 Å². The first kappa shape index (κ1) is 13.3. The Bertz CT molecular complexity index is 602. The lowest BCUT2D eigenvalue weighted by Gasteiger charge is -2.10. The second-order valence-corrected chi connectivity index (χ2v) is 5.28. The SMILES string of the molecule is Cc1cc(Br)ccc1Oc1nc(C)c(C)nc1Cl. The Morgan fingerprint density at radius 3 is 2.44 bits per heavy atom. The molecule has 0 spiro atoms. The molecule has 0 fully saturated rings. The predicted octanol–water partition coefficient (Wildman–Crippen LogP) is 4.61. The van der Waals surface area contributed by atoms with Gasteiger partial charge in [0.25, 0.3) is 5.88 Å². The molecule has 0 aliphatic carbocycles. The second kappa shape index (κ2) is 5.24. The molecule has 0 radical (unpaired) electrons. The van der Waals surface area contributed by atoms with E-state index < -0.39 is 0 Å². The molecule has 1 heterocycles. The summed E-state index contributed by atoms with van der Waals surface area (Å²) in [4.78, 5) is 8.49. The summed E-state index contributed by atoms with van der Waals surface area (Å²) in [5.74, 6) is 1.06. The summed E-state index contributed by atoms with van der Waals surface area (Å²) >= 11 is 9.43. The van der Waals surface area contributed by atoms with Gasteiger partial charge in [-0.05, 0) is 44.5 Å². The zero-order valence-corrected chi connectivity index (χ0v) is 12.6. The Morgan fingerprint density at radius 2 is 1.78 bits per heavy atom. The molecule has 0 bridgehead atoms. The van der Waals surface area contributed by atoms with Crippen molar-refractivity contribution in [2.45, 2.75) is 20.8 Å². The van der Waals surface area contributed by atoms with Crippen LogP contribution in [-0.2, 0) is 0 Å². The van der Waals surface area contributed by atoms with Gasteiger partial charge >= 0.3 is 0 Å². The summed E-state index contributed by atoms with van der Waals surface area (Å²) in [7, 11) is 0. The summed E-state index contributed by atoms with van der Waals surface area (Å²) < 4.78 is 6.71. The van der Waals surface area contributed by atoms with Crippen molar-refractivity contribution >= 4 is 27.5 Å². The molecule has 0 N–H and O–H groups in total. The average Bonchev–Trinajstić information content (AvgIpc) is 2.29. The first-order chi connectivity index (χ1) is 8.47. The molecule has 0 aliphatic heterocycles. The molecule has 3 nitrogen and oxygen atoms in total. The second-order valence-electron chi connectivity index (χ2n) is 4.00. The molecule has 1 aromatic heterocycles. The third kappa shape index (κ3) is 2.82. The Balaban J connectivity index is 2.37. The van der Waals surface area contributed by atoms with Crippen LogP contribution in [0.1, 0.15) is 17.0 Å². The number of hydrogen-bond donors (Lipinski definition) is 0. The fourth-order valence-electron chi connectivity index (χ4n) is 1.45. The van der Waals surface area contributed by atoms with E-state index in [1.54, 1.807) is 0 Å². The summed E-state index contributed by atoms with van der Waals surface area (Å²) in [5, 5.41) is 0.278. The highest BCUT2D eigenvalue weighted by atomic mass is 79.9. The third-order valence-corrected chi connectivity index (χ3v) is 3.32. The minimum atomic E-state index is 0.278. The van der Waals surface area contributed by atoms with Crippen LogP contribution < -0.4 is 4.74 Å². The third-order valence-electron chi connectivity index (χ3n) is 2.58. The zero-order valence-electron chi connectivity index (χ0n) is 10.3. The molecule has 0 unspecified atom stereocenters. The molecule has 0 amide bonds. The van der Waals surface area contributed by atoms with E-state index >= 15 is 0 Å². The van der Waals surface area contributed by atoms with Gasteiger partial charge in [0.1, 0.15) is 5.75 Å². The van der Waals surface area contributed by atoms with Gasteiger partial charge in [0.15, 0.2) is 5.15 Å². The van der Waals surface area contributed by atoms with Gasteiger partial charge in [0, 0.05) is 4.47 Å². The molecule has 2 aromatic rings. The van der Waals surface area contributed by atoms with Crippen LogP contribution >= 0.6 is 27.5 Å². The minimum absolute atomic E-state index is 0.278. The van der Waals surface area contributed by atoms with E-state index in [-0.39, 0.29) is 5.15 Å². The van der Waals surface area contributed by atoms with Crippen LogP contribution in [0.15, 0.2) is 22.7 Å². The van der Waals surface area contributed by atoms with Crippen LogP contribution in [0, 0.1) is 20.8 Å². The molecule has 94 valence electrons. The van der Waals surface area contributed by atoms with E-state index in [4.69, 9.17) is 16.3 Å². The summed E-state index contributed by atoms with van der Waals surface area (Å²) in [6.07, 6.45) is 0. The van der Waals surface area contributed by atoms with Crippen LogP contribution in [-0.4, -0.2) is 9.97 Å². The number of rotatable bonds is 2. The quantitative estimate of drug-likeness (QED) is 0.808. The molecule has 0 saturated heterocycles. The Morgan fingerprint density at radius 1 is 1.11 bits per heavy atom. The van der Waals surface area contributed by atoms with Crippen LogP contribution in [0.5, 0.6) is 11.6 Å². The molecule has 1 aromatic carbocycles. The van der Waals surface area contributed by atoms with Crippen LogP contribution in [0.25, 0.3) is 0 Å². The number of halogens is 2. The van der Waals surface area contributed by atoms with Crippen molar-refractivity contribution in [2.75, 3.05) is 0 Å². The maximum Gasteiger partial charge on any atom is 0.257 e. The lowest BCUT2D eigenvalue weighted by Crippen LogP contribution is -1.98. The van der Waals surface area contributed by atoms with Gasteiger partial charge in [0.2, 0.25) is 0 Å². The molecule has 0 atom stereocenters. The first-order valence-corrected chi connectivity index (χ1v) is 6.59. The summed E-state index contributed by atoms with van der Waals surface area (Å²) in [6, 6.07) is 5.75. The van der Waals surface area contributed by atoms with Crippen LogP contribution in [0.4, 0.5) is 0 Å². The summed E-state index contributed by atoms with van der Waals surface area (Å²) in [5.41, 5.74) is 2.62. The van der Waals surface area contributed by atoms with Crippen molar-refractivity contribution in [3.8, 4) is 11.6 Å². The highest BCUT2D eigenvalue weighted by Crippen LogP contribution is 2.30. The monoisotopic (exact) mass is 326 g/mol. The standard InChI is InChI=1S/C13H12BrClN2O/c1-7-6-10(14)4-5-11(7)18-13-12(15)16-8(2)9(3)17-13/h4-6H,1-3H3. The minimum Gasteiger partial charge on any atom is -0.436 e. The molecule has 0 aliphatic rings. The summed E-state index contributed by atoms with van der Waals surface area (Å²) in [6.45, 7) is 5.70. The maximum atomic E-state index is 6.03. The van der Waals surface area contributed by atoms with Gasteiger partial charge in [-0.2, -0.15) is 0 Å². The maximum absolute atomic E-state index is 6.03. The van der Waals surface area contributed by atoms with Gasteiger partial charge in [-0.15, -0.1) is 0 Å². The Kier molecular flexibility index (Phi) is 3.88. The number of ether oxygens (including phenoxy) is 1. The highest BCUT2D eigenvalue weighted by molar-refractivity contribution is 9.10. The molecule has 0 saturated carbocycles. The molecular formula is C13H12BrClN2O. The van der Waals surface area contributed by atoms with E-state index in [0.717, 1.165) is 27.2 Å². The number of aromatic nitrogens is 2. The van der Waals surface area contributed by atoms with Crippen molar-refractivity contribution in [2.24, 2.45) is 0 Å². The molecule has 18 heavy (non-hydrogen) atoms. The van der Waals surface area contributed by atoms with Gasteiger partial charge in [-0.3, -0.25) is 0 Å². The van der Waals surface area contributed by atoms with Crippen molar-refractivity contribution in [3.63, 3.8) is 0 Å². The number of benzene rings is 1. The van der Waals surface area contributed by atoms with E-state index in [0.29, 0.717) is 5.88 Å². The Hall–Kier alpha value is -1.13. The largest absolute Gasteiger partial charge is 0.436 e. The van der Waals surface area contributed by atoms with E-state index in [9.17, 15) is 0 Å². The number of aryl methyl sites for hydroxylation is 3. The number of hydrogen-bond acceptors (Lipinski definition) is 3. The van der Waals surface area contributed by atoms with Crippen molar-refractivity contribution in [3.05, 3.63) is 44.8 Å². The van der Waals surface area contributed by atoms with Crippen LogP contribution in [0.3, 0.4) is 0 Å². The molecular weight excluding hydrogens is 316 g/mol. The molecule has 2 rings (SSSR count). The average molecular weight is 328 g/mol. The lowest BCUT2D eigenvalue weighted by molar-refractivity contribution is 0.455. The number of nitrogens with zero attached hydrogens (tertiary/aromatic N) is 2. The predicted molar refractivity (Wildman–Crippen MR) is 75.5 cm³/mol. The van der Waals surface area contributed by atoms with E-state index in [1.165, 1.54) is 0 Å².